The van der Waals surface area contributed by atoms with Crippen molar-refractivity contribution in [3.05, 3.63) is 23.4 Å². The molecule has 0 spiro atoms. The maximum atomic E-state index is 11.1. The Bertz CT molecular complexity index is 458. The highest BCUT2D eigenvalue weighted by Crippen LogP contribution is 2.13. The summed E-state index contributed by atoms with van der Waals surface area (Å²) in [7, 11) is 0. The molecule has 1 rings (SSSR count). The minimum absolute atomic E-state index is 0.0421. The molecule has 1 heterocycles. The maximum Gasteiger partial charge on any atom is 0.335 e. The molecular weight excluding hydrogens is 232 g/mol. The molecule has 98 valence electrons. The molecule has 0 fully saturated rings. The van der Waals surface area contributed by atoms with Gasteiger partial charge in [-0.2, -0.15) is 0 Å². The number of rotatable bonds is 6. The number of carbonyl (C=O) groups is 2. The molecule has 18 heavy (non-hydrogen) atoms. The van der Waals surface area contributed by atoms with Crippen molar-refractivity contribution >= 4 is 17.6 Å². The summed E-state index contributed by atoms with van der Waals surface area (Å²) in [6, 6.07) is 3.12. The SMILES string of the molecule is CCC(C)Nc1cc(C(=O)O)cc(CC(C)=O)n1. The number of nitrogens with one attached hydrogen (secondary N) is 1. The number of nitrogens with zero attached hydrogens (tertiary/aromatic N) is 1. The first-order valence-electron chi connectivity index (χ1n) is 5.92. The quantitative estimate of drug-likeness (QED) is 0.808. The first-order chi connectivity index (χ1) is 8.42. The lowest BCUT2D eigenvalue weighted by Crippen LogP contribution is -2.16. The van der Waals surface area contributed by atoms with Crippen molar-refractivity contribution in [3.63, 3.8) is 0 Å². The summed E-state index contributed by atoms with van der Waals surface area (Å²) in [5, 5.41) is 12.1. The molecule has 0 radical (unpaired) electrons. The highest BCUT2D eigenvalue weighted by atomic mass is 16.4. The molecule has 5 heteroatoms. The van der Waals surface area contributed by atoms with Crippen LogP contribution in [0.2, 0.25) is 0 Å². The summed E-state index contributed by atoms with van der Waals surface area (Å²) >= 11 is 0. The number of carbonyl (C=O) groups excluding carboxylic acids is 1. The summed E-state index contributed by atoms with van der Waals surface area (Å²) in [4.78, 5) is 26.3. The average molecular weight is 250 g/mol. The Morgan fingerprint density at radius 3 is 2.61 bits per heavy atom. The van der Waals surface area contributed by atoms with Gasteiger partial charge in [0.1, 0.15) is 11.6 Å². The fourth-order valence-electron chi connectivity index (χ4n) is 1.49. The van der Waals surface area contributed by atoms with E-state index in [9.17, 15) is 9.59 Å². The third kappa shape index (κ3) is 4.16. The molecule has 0 saturated carbocycles. The number of aromatic nitrogens is 1. The van der Waals surface area contributed by atoms with Crippen molar-refractivity contribution in [1.29, 1.82) is 0 Å². The lowest BCUT2D eigenvalue weighted by Gasteiger charge is -2.13. The monoisotopic (exact) mass is 250 g/mol. The number of hydrogen-bond acceptors (Lipinski definition) is 4. The van der Waals surface area contributed by atoms with Crippen LogP contribution in [-0.2, 0) is 11.2 Å². The zero-order valence-corrected chi connectivity index (χ0v) is 10.9. The van der Waals surface area contributed by atoms with Gasteiger partial charge in [0, 0.05) is 12.5 Å². The van der Waals surface area contributed by atoms with E-state index in [1.165, 1.54) is 19.1 Å². The Balaban J connectivity index is 3.05. The van der Waals surface area contributed by atoms with Crippen molar-refractivity contribution in [2.75, 3.05) is 5.32 Å². The van der Waals surface area contributed by atoms with Crippen LogP contribution >= 0.6 is 0 Å². The van der Waals surface area contributed by atoms with Crippen molar-refractivity contribution in [2.45, 2.75) is 39.7 Å². The number of aromatic carboxylic acids is 1. The number of pyridine rings is 1. The van der Waals surface area contributed by atoms with E-state index < -0.39 is 5.97 Å². The summed E-state index contributed by atoms with van der Waals surface area (Å²) in [6.45, 7) is 5.46. The smallest absolute Gasteiger partial charge is 0.335 e. The second kappa shape index (κ2) is 6.14. The Morgan fingerprint density at radius 1 is 1.44 bits per heavy atom. The summed E-state index contributed by atoms with van der Waals surface area (Å²) in [5.41, 5.74) is 0.625. The van der Waals surface area contributed by atoms with Gasteiger partial charge < -0.3 is 10.4 Å². The van der Waals surface area contributed by atoms with Gasteiger partial charge in [0.25, 0.3) is 0 Å². The Morgan fingerprint density at radius 2 is 2.11 bits per heavy atom. The molecule has 1 unspecified atom stereocenters. The Kier molecular flexibility index (Phi) is 4.83. The third-order valence-electron chi connectivity index (χ3n) is 2.56. The van der Waals surface area contributed by atoms with E-state index in [4.69, 9.17) is 5.11 Å². The molecule has 0 aromatic carbocycles. The van der Waals surface area contributed by atoms with E-state index in [1.807, 2.05) is 13.8 Å². The molecular formula is C13H18N2O3. The van der Waals surface area contributed by atoms with Crippen molar-refractivity contribution in [1.82, 2.24) is 4.98 Å². The van der Waals surface area contributed by atoms with E-state index >= 15 is 0 Å². The number of carboxylic acid groups (broad SMARTS) is 1. The van der Waals surface area contributed by atoms with Crippen LogP contribution in [0.25, 0.3) is 0 Å². The largest absolute Gasteiger partial charge is 0.478 e. The molecule has 0 saturated heterocycles. The second-order valence-corrected chi connectivity index (χ2v) is 4.37. The van der Waals surface area contributed by atoms with Gasteiger partial charge in [-0.3, -0.25) is 4.79 Å². The lowest BCUT2D eigenvalue weighted by molar-refractivity contribution is -0.116. The highest BCUT2D eigenvalue weighted by molar-refractivity contribution is 5.89. The zero-order chi connectivity index (χ0) is 13.7. The van der Waals surface area contributed by atoms with E-state index in [2.05, 4.69) is 10.3 Å². The van der Waals surface area contributed by atoms with E-state index in [-0.39, 0.29) is 23.8 Å². The van der Waals surface area contributed by atoms with E-state index in [1.54, 1.807) is 0 Å². The van der Waals surface area contributed by atoms with Gasteiger partial charge in [-0.25, -0.2) is 9.78 Å². The topological polar surface area (TPSA) is 79.3 Å². The van der Waals surface area contributed by atoms with Crippen molar-refractivity contribution in [2.24, 2.45) is 0 Å². The molecule has 0 aliphatic heterocycles. The van der Waals surface area contributed by atoms with Gasteiger partial charge in [-0.1, -0.05) is 6.92 Å². The van der Waals surface area contributed by atoms with Crippen LogP contribution in [0.15, 0.2) is 12.1 Å². The van der Waals surface area contributed by atoms with Crippen LogP contribution in [0.4, 0.5) is 5.82 Å². The van der Waals surface area contributed by atoms with Crippen molar-refractivity contribution < 1.29 is 14.7 Å². The van der Waals surface area contributed by atoms with Gasteiger partial charge in [0.15, 0.2) is 0 Å². The Hall–Kier alpha value is -1.91. The van der Waals surface area contributed by atoms with Crippen LogP contribution in [0.3, 0.4) is 0 Å². The molecule has 2 N–H and O–H groups in total. The molecule has 0 bridgehead atoms. The maximum absolute atomic E-state index is 11.1. The highest BCUT2D eigenvalue weighted by Gasteiger charge is 2.10. The van der Waals surface area contributed by atoms with Crippen molar-refractivity contribution in [3.8, 4) is 0 Å². The number of carboxylic acids is 1. The minimum Gasteiger partial charge on any atom is -0.478 e. The standard InChI is InChI=1S/C13H18N2O3/c1-4-8(2)14-12-7-10(13(17)18)6-11(15-12)5-9(3)16/h6-8H,4-5H2,1-3H3,(H,14,15)(H,17,18). The number of hydrogen-bond donors (Lipinski definition) is 2. The van der Waals surface area contributed by atoms with Crippen LogP contribution in [-0.4, -0.2) is 27.9 Å². The predicted octanol–water partition coefficient (Wildman–Crippen LogP) is 2.12. The van der Waals surface area contributed by atoms with Gasteiger partial charge in [0.05, 0.1) is 11.3 Å². The summed E-state index contributed by atoms with van der Waals surface area (Å²) in [5.74, 6) is -0.561. The van der Waals surface area contributed by atoms with Gasteiger partial charge in [-0.15, -0.1) is 0 Å². The third-order valence-corrected chi connectivity index (χ3v) is 2.56. The second-order valence-electron chi connectivity index (χ2n) is 4.37. The molecule has 0 aliphatic rings. The summed E-state index contributed by atoms with van der Waals surface area (Å²) in [6.07, 6.45) is 1.05. The molecule has 1 aromatic heterocycles. The van der Waals surface area contributed by atoms with E-state index in [0.717, 1.165) is 6.42 Å². The molecule has 1 aromatic rings. The molecule has 0 aliphatic carbocycles. The fraction of sp³-hybridized carbons (Fsp3) is 0.462. The van der Waals surface area contributed by atoms with Crippen LogP contribution in [0.5, 0.6) is 0 Å². The number of ketones is 1. The minimum atomic E-state index is -1.02. The van der Waals surface area contributed by atoms with Crippen LogP contribution in [0, 0.1) is 0 Å². The number of Topliss-reactive ketones (excluding diaryl/α,β-unsaturated/α-hetero) is 1. The van der Waals surface area contributed by atoms with Crippen LogP contribution < -0.4 is 5.32 Å². The first kappa shape index (κ1) is 14.2. The lowest BCUT2D eigenvalue weighted by atomic mass is 10.1. The molecule has 5 nitrogen and oxygen atoms in total. The van der Waals surface area contributed by atoms with Crippen LogP contribution in [0.1, 0.15) is 43.2 Å². The summed E-state index contributed by atoms with van der Waals surface area (Å²) < 4.78 is 0. The van der Waals surface area contributed by atoms with Gasteiger partial charge >= 0.3 is 5.97 Å². The first-order valence-corrected chi connectivity index (χ1v) is 5.92. The van der Waals surface area contributed by atoms with E-state index in [0.29, 0.717) is 11.5 Å². The van der Waals surface area contributed by atoms with Gasteiger partial charge in [-0.05, 0) is 32.4 Å². The zero-order valence-electron chi connectivity index (χ0n) is 10.9. The molecule has 0 amide bonds. The van der Waals surface area contributed by atoms with Gasteiger partial charge in [0.2, 0.25) is 0 Å². The normalized spacial score (nSPS) is 11.9. The number of anilines is 1. The Labute approximate surface area is 106 Å². The molecule has 1 atom stereocenters. The average Bonchev–Trinajstić information content (AvgIpc) is 2.27. The predicted molar refractivity (Wildman–Crippen MR) is 69.0 cm³/mol. The fourth-order valence-corrected chi connectivity index (χ4v) is 1.49.